The molecule has 1 aromatic heterocycles. The van der Waals surface area contributed by atoms with E-state index >= 15 is 0 Å². The number of nitrogens with two attached hydrogens (primary N) is 1. The molecule has 0 aliphatic rings. The molecule has 3 rings (SSSR count). The van der Waals surface area contributed by atoms with Crippen molar-refractivity contribution in [3.8, 4) is 21.8 Å². The fourth-order valence-electron chi connectivity index (χ4n) is 2.42. The number of nitrogens with zero attached hydrogens (tertiary/aromatic N) is 1. The lowest BCUT2D eigenvalue weighted by Crippen LogP contribution is -2.10. The highest BCUT2D eigenvalue weighted by Gasteiger charge is 2.08. The molecule has 0 aliphatic carbocycles. The van der Waals surface area contributed by atoms with Gasteiger partial charge in [-0.1, -0.05) is 48.5 Å². The zero-order chi connectivity index (χ0) is 17.8. The molecule has 0 saturated carbocycles. The van der Waals surface area contributed by atoms with Crippen molar-refractivity contribution in [2.45, 2.75) is 12.8 Å². The maximum absolute atomic E-state index is 10.6. The second-order valence-electron chi connectivity index (χ2n) is 5.62. The Morgan fingerprint density at radius 1 is 1.08 bits per heavy atom. The zero-order valence-electron chi connectivity index (χ0n) is 13.4. The van der Waals surface area contributed by atoms with Crippen molar-refractivity contribution < 1.29 is 9.90 Å². The van der Waals surface area contributed by atoms with Crippen LogP contribution in [-0.2, 0) is 11.2 Å². The first kappa shape index (κ1) is 16.9. The third-order valence-electron chi connectivity index (χ3n) is 3.82. The van der Waals surface area contributed by atoms with Crippen LogP contribution < -0.4 is 5.73 Å². The number of hydrogen-bond donors (Lipinski definition) is 3. The number of nitrogens with one attached hydrogen (secondary N) is 1. The van der Waals surface area contributed by atoms with E-state index in [-0.39, 0.29) is 12.3 Å². The molecule has 0 amide bonds. The Morgan fingerprint density at radius 3 is 2.32 bits per heavy atom. The fraction of sp³-hybridized carbons (Fsp3) is 0.105. The van der Waals surface area contributed by atoms with Gasteiger partial charge in [0.15, 0.2) is 0 Å². The summed E-state index contributed by atoms with van der Waals surface area (Å²) >= 11 is 1.56. The first-order chi connectivity index (χ1) is 12.0. The average Bonchev–Trinajstić information content (AvgIpc) is 3.10. The van der Waals surface area contributed by atoms with E-state index in [9.17, 15) is 4.79 Å². The van der Waals surface area contributed by atoms with Crippen LogP contribution >= 0.6 is 11.3 Å². The molecule has 1 heterocycles. The number of carboxylic acids is 1. The summed E-state index contributed by atoms with van der Waals surface area (Å²) in [4.78, 5) is 15.3. The highest BCUT2D eigenvalue weighted by atomic mass is 32.1. The molecular formula is C19H17N3O2S. The minimum absolute atomic E-state index is 0.0495. The van der Waals surface area contributed by atoms with Gasteiger partial charge in [0, 0.05) is 28.5 Å². The highest BCUT2D eigenvalue weighted by molar-refractivity contribution is 7.13. The molecular weight excluding hydrogens is 334 g/mol. The van der Waals surface area contributed by atoms with Crippen molar-refractivity contribution in [1.29, 1.82) is 5.41 Å². The van der Waals surface area contributed by atoms with Crippen LogP contribution in [0.15, 0.2) is 53.9 Å². The van der Waals surface area contributed by atoms with Crippen molar-refractivity contribution in [3.05, 3.63) is 65.0 Å². The number of aryl methyl sites for hydroxylation is 1. The van der Waals surface area contributed by atoms with E-state index in [0.717, 1.165) is 27.4 Å². The lowest BCUT2D eigenvalue weighted by Gasteiger charge is -2.01. The van der Waals surface area contributed by atoms with Crippen LogP contribution in [0.25, 0.3) is 21.8 Å². The van der Waals surface area contributed by atoms with E-state index in [4.69, 9.17) is 16.2 Å². The van der Waals surface area contributed by atoms with Gasteiger partial charge >= 0.3 is 5.97 Å². The number of carbonyl (C=O) groups is 1. The summed E-state index contributed by atoms with van der Waals surface area (Å²) in [6.07, 6.45) is 0.665. The standard InChI is InChI=1S/C19H17N3O2S/c20-18(21)14-8-6-13(7-9-14)16-11-25-19(22-16)15-4-1-12(2-5-15)3-10-17(23)24/h1-2,4-9,11H,3,10H2,(H3,20,21)(H,23,24). The third-order valence-corrected chi connectivity index (χ3v) is 4.72. The summed E-state index contributed by atoms with van der Waals surface area (Å²) in [5, 5.41) is 19.1. The van der Waals surface area contributed by atoms with Crippen molar-refractivity contribution in [3.63, 3.8) is 0 Å². The Kier molecular flexibility index (Phi) is 4.90. The molecule has 126 valence electrons. The number of aromatic nitrogens is 1. The summed E-state index contributed by atoms with van der Waals surface area (Å²) in [7, 11) is 0. The first-order valence-corrected chi connectivity index (χ1v) is 8.62. The predicted octanol–water partition coefficient (Wildman–Crippen LogP) is 3.78. The van der Waals surface area contributed by atoms with Crippen molar-refractivity contribution in [1.82, 2.24) is 4.98 Å². The maximum Gasteiger partial charge on any atom is 0.303 e. The normalized spacial score (nSPS) is 10.6. The molecule has 0 fully saturated rings. The molecule has 0 atom stereocenters. The van der Waals surface area contributed by atoms with Crippen LogP contribution in [0, 0.1) is 5.41 Å². The minimum Gasteiger partial charge on any atom is -0.481 e. The third kappa shape index (κ3) is 4.10. The van der Waals surface area contributed by atoms with E-state index in [1.165, 1.54) is 0 Å². The molecule has 0 spiro atoms. The molecule has 2 aromatic carbocycles. The van der Waals surface area contributed by atoms with Gasteiger partial charge in [0.2, 0.25) is 0 Å². The van der Waals surface area contributed by atoms with Crippen LogP contribution in [0.1, 0.15) is 17.5 Å². The second kappa shape index (κ2) is 7.27. The smallest absolute Gasteiger partial charge is 0.303 e. The van der Waals surface area contributed by atoms with E-state index < -0.39 is 5.97 Å². The Hall–Kier alpha value is -2.99. The Labute approximate surface area is 149 Å². The zero-order valence-corrected chi connectivity index (χ0v) is 14.2. The van der Waals surface area contributed by atoms with Gasteiger partial charge in [-0.25, -0.2) is 4.98 Å². The van der Waals surface area contributed by atoms with E-state index in [1.54, 1.807) is 11.3 Å². The molecule has 6 heteroatoms. The highest BCUT2D eigenvalue weighted by Crippen LogP contribution is 2.29. The van der Waals surface area contributed by atoms with E-state index in [2.05, 4.69) is 4.98 Å². The summed E-state index contributed by atoms with van der Waals surface area (Å²) in [6, 6.07) is 15.3. The van der Waals surface area contributed by atoms with Gasteiger partial charge in [0.05, 0.1) is 5.69 Å². The summed E-state index contributed by atoms with van der Waals surface area (Å²) in [5.74, 6) is -0.738. The van der Waals surface area contributed by atoms with Crippen molar-refractivity contribution in [2.75, 3.05) is 0 Å². The quantitative estimate of drug-likeness (QED) is 0.465. The monoisotopic (exact) mass is 351 g/mol. The summed E-state index contributed by atoms with van der Waals surface area (Å²) in [6.45, 7) is 0. The molecule has 0 unspecified atom stereocenters. The molecule has 0 saturated heterocycles. The Balaban J connectivity index is 1.76. The van der Waals surface area contributed by atoms with Gasteiger partial charge < -0.3 is 10.8 Å². The van der Waals surface area contributed by atoms with Gasteiger partial charge in [0.1, 0.15) is 10.8 Å². The van der Waals surface area contributed by atoms with Gasteiger partial charge in [0.25, 0.3) is 0 Å². The van der Waals surface area contributed by atoms with Gasteiger partial charge in [-0.05, 0) is 12.0 Å². The second-order valence-corrected chi connectivity index (χ2v) is 6.48. The number of benzene rings is 2. The topological polar surface area (TPSA) is 100 Å². The molecule has 5 nitrogen and oxygen atoms in total. The van der Waals surface area contributed by atoms with Gasteiger partial charge in [-0.15, -0.1) is 11.3 Å². The maximum atomic E-state index is 10.6. The van der Waals surface area contributed by atoms with Crippen LogP contribution in [0.2, 0.25) is 0 Å². The Morgan fingerprint density at radius 2 is 1.72 bits per heavy atom. The van der Waals surface area contributed by atoms with Crippen LogP contribution in [0.4, 0.5) is 0 Å². The summed E-state index contributed by atoms with van der Waals surface area (Å²) in [5.41, 5.74) is 10.0. The van der Waals surface area contributed by atoms with Crippen molar-refractivity contribution in [2.24, 2.45) is 5.73 Å². The van der Waals surface area contributed by atoms with Crippen LogP contribution in [-0.4, -0.2) is 21.9 Å². The number of rotatable bonds is 6. The largest absolute Gasteiger partial charge is 0.481 e. The van der Waals surface area contributed by atoms with Crippen LogP contribution in [0.5, 0.6) is 0 Å². The SMILES string of the molecule is N=C(N)c1ccc(-c2csc(-c3ccc(CCC(=O)O)cc3)n2)cc1. The van der Waals surface area contributed by atoms with E-state index in [1.807, 2.05) is 53.9 Å². The molecule has 0 bridgehead atoms. The molecule has 25 heavy (non-hydrogen) atoms. The minimum atomic E-state index is -0.788. The van der Waals surface area contributed by atoms with Gasteiger partial charge in [-0.2, -0.15) is 0 Å². The fourth-order valence-corrected chi connectivity index (χ4v) is 3.26. The molecule has 0 aliphatic heterocycles. The number of thiazole rings is 1. The van der Waals surface area contributed by atoms with Gasteiger partial charge in [-0.3, -0.25) is 10.2 Å². The average molecular weight is 351 g/mol. The number of carboxylic acid groups (broad SMARTS) is 1. The molecule has 0 radical (unpaired) electrons. The van der Waals surface area contributed by atoms with E-state index in [0.29, 0.717) is 12.0 Å². The number of hydrogen-bond acceptors (Lipinski definition) is 4. The first-order valence-electron chi connectivity index (χ1n) is 7.74. The number of aliphatic carboxylic acids is 1. The lowest BCUT2D eigenvalue weighted by atomic mass is 10.1. The number of amidine groups is 1. The predicted molar refractivity (Wildman–Crippen MR) is 100.0 cm³/mol. The molecule has 3 aromatic rings. The molecule has 4 N–H and O–H groups in total. The Bertz CT molecular complexity index is 899. The number of nitrogen functional groups attached to an aromatic ring is 1. The van der Waals surface area contributed by atoms with Crippen LogP contribution in [0.3, 0.4) is 0 Å². The lowest BCUT2D eigenvalue weighted by molar-refractivity contribution is -0.136. The van der Waals surface area contributed by atoms with Crippen molar-refractivity contribution >= 4 is 23.1 Å². The summed E-state index contributed by atoms with van der Waals surface area (Å²) < 4.78 is 0.